The minimum atomic E-state index is 0.564. The molecule has 3 rings (SSSR count). The van der Waals surface area contributed by atoms with Crippen LogP contribution in [0.25, 0.3) is 6.08 Å². The lowest BCUT2D eigenvalue weighted by molar-refractivity contribution is 0.200. The van der Waals surface area contributed by atoms with E-state index in [2.05, 4.69) is 51.5 Å². The molecule has 160 valence electrons. The molecule has 2 aromatic rings. The fraction of sp³-hybridized carbons (Fsp3) is 0.348. The molecule has 1 aliphatic rings. The number of nitrogens with one attached hydrogen (secondary N) is 1. The number of ether oxygens (including phenoxy) is 3. The van der Waals surface area contributed by atoms with Gasteiger partial charge in [-0.2, -0.15) is 0 Å². The maximum absolute atomic E-state index is 5.64. The van der Waals surface area contributed by atoms with Crippen LogP contribution in [0, 0.1) is 0 Å². The van der Waals surface area contributed by atoms with Gasteiger partial charge in [0.15, 0.2) is 16.6 Å². The van der Waals surface area contributed by atoms with Gasteiger partial charge in [0.25, 0.3) is 0 Å². The highest BCUT2D eigenvalue weighted by molar-refractivity contribution is 7.80. The average molecular weight is 428 g/mol. The molecule has 7 heteroatoms. The Morgan fingerprint density at radius 1 is 0.967 bits per heavy atom. The van der Waals surface area contributed by atoms with E-state index in [-0.39, 0.29) is 0 Å². The van der Waals surface area contributed by atoms with E-state index in [4.69, 9.17) is 26.4 Å². The number of thiocarbonyl (C=S) groups is 1. The van der Waals surface area contributed by atoms with Crippen molar-refractivity contribution >= 4 is 29.1 Å². The molecule has 2 aromatic carbocycles. The Labute approximate surface area is 184 Å². The molecule has 0 atom stereocenters. The summed E-state index contributed by atoms with van der Waals surface area (Å²) < 4.78 is 16.2. The minimum Gasteiger partial charge on any atom is -0.493 e. The molecule has 1 N–H and O–H groups in total. The zero-order valence-corrected chi connectivity index (χ0v) is 18.6. The van der Waals surface area contributed by atoms with E-state index in [0.717, 1.165) is 38.4 Å². The highest BCUT2D eigenvalue weighted by Gasteiger charge is 2.19. The van der Waals surface area contributed by atoms with E-state index < -0.39 is 0 Å². The van der Waals surface area contributed by atoms with Gasteiger partial charge in [-0.25, -0.2) is 0 Å². The molecule has 1 fully saturated rings. The molecule has 0 radical (unpaired) electrons. The second-order valence-electron chi connectivity index (χ2n) is 6.94. The predicted molar refractivity (Wildman–Crippen MR) is 126 cm³/mol. The summed E-state index contributed by atoms with van der Waals surface area (Å²) in [7, 11) is 4.79. The summed E-state index contributed by atoms with van der Waals surface area (Å²) in [6.45, 7) is 4.65. The molecule has 6 nitrogen and oxygen atoms in total. The number of hydrogen-bond acceptors (Lipinski definition) is 5. The van der Waals surface area contributed by atoms with Gasteiger partial charge in [-0.1, -0.05) is 42.5 Å². The lowest BCUT2D eigenvalue weighted by atomic mass is 10.2. The maximum atomic E-state index is 5.64. The van der Waals surface area contributed by atoms with Crippen LogP contribution in [-0.2, 0) is 0 Å². The quantitative estimate of drug-likeness (QED) is 0.676. The van der Waals surface area contributed by atoms with Gasteiger partial charge >= 0.3 is 0 Å². The fourth-order valence-electron chi connectivity index (χ4n) is 3.39. The molecule has 0 amide bonds. The number of piperazine rings is 1. The second-order valence-corrected chi connectivity index (χ2v) is 7.33. The lowest BCUT2D eigenvalue weighted by Crippen LogP contribution is -2.49. The third-order valence-corrected chi connectivity index (χ3v) is 5.41. The van der Waals surface area contributed by atoms with Crippen molar-refractivity contribution in [3.63, 3.8) is 0 Å². The third kappa shape index (κ3) is 5.64. The zero-order valence-electron chi connectivity index (χ0n) is 17.8. The van der Waals surface area contributed by atoms with Gasteiger partial charge in [0.05, 0.1) is 21.3 Å². The summed E-state index contributed by atoms with van der Waals surface area (Å²) in [5.74, 6) is 1.75. The summed E-state index contributed by atoms with van der Waals surface area (Å²) in [5, 5.41) is 4.00. The lowest BCUT2D eigenvalue weighted by Gasteiger charge is -2.35. The summed E-state index contributed by atoms with van der Waals surface area (Å²) in [4.78, 5) is 4.62. The molecule has 0 spiro atoms. The van der Waals surface area contributed by atoms with Crippen molar-refractivity contribution in [2.75, 3.05) is 59.4 Å². The second kappa shape index (κ2) is 10.8. The van der Waals surface area contributed by atoms with Crippen LogP contribution in [0.3, 0.4) is 0 Å². The van der Waals surface area contributed by atoms with Gasteiger partial charge in [0.1, 0.15) is 0 Å². The van der Waals surface area contributed by atoms with E-state index in [1.807, 2.05) is 18.2 Å². The number of hydrogen-bond donors (Lipinski definition) is 1. The molecule has 1 aliphatic heterocycles. The predicted octanol–water partition coefficient (Wildman–Crippen LogP) is 3.74. The monoisotopic (exact) mass is 427 g/mol. The Balaban J connectivity index is 1.52. The summed E-state index contributed by atoms with van der Waals surface area (Å²) in [5.41, 5.74) is 2.04. The first-order chi connectivity index (χ1) is 14.6. The van der Waals surface area contributed by atoms with Crippen molar-refractivity contribution in [1.82, 2.24) is 9.80 Å². The number of anilines is 1. The van der Waals surface area contributed by atoms with Crippen molar-refractivity contribution < 1.29 is 14.2 Å². The van der Waals surface area contributed by atoms with Gasteiger partial charge < -0.3 is 24.4 Å². The zero-order chi connectivity index (χ0) is 21.3. The van der Waals surface area contributed by atoms with Crippen LogP contribution >= 0.6 is 12.2 Å². The molecule has 0 aliphatic carbocycles. The van der Waals surface area contributed by atoms with Crippen LogP contribution < -0.4 is 19.5 Å². The van der Waals surface area contributed by atoms with Crippen molar-refractivity contribution in [3.8, 4) is 17.2 Å². The largest absolute Gasteiger partial charge is 0.493 e. The number of rotatable bonds is 7. The number of methoxy groups -OCH3 is 3. The minimum absolute atomic E-state index is 0.564. The smallest absolute Gasteiger partial charge is 0.203 e. The Kier molecular flexibility index (Phi) is 7.93. The Morgan fingerprint density at radius 3 is 2.17 bits per heavy atom. The van der Waals surface area contributed by atoms with Gasteiger partial charge in [-0.15, -0.1) is 0 Å². The SMILES string of the molecule is COc1cc(NC(=S)N2CCN(CC=Cc3ccccc3)CC2)cc(OC)c1OC. The first kappa shape index (κ1) is 21.9. The van der Waals surface area contributed by atoms with E-state index in [1.165, 1.54) is 5.56 Å². The Hall–Kier alpha value is -2.77. The summed E-state index contributed by atoms with van der Waals surface area (Å²) >= 11 is 5.64. The van der Waals surface area contributed by atoms with E-state index in [1.54, 1.807) is 21.3 Å². The van der Waals surface area contributed by atoms with Crippen molar-refractivity contribution in [2.45, 2.75) is 0 Å². The highest BCUT2D eigenvalue weighted by Crippen LogP contribution is 2.40. The van der Waals surface area contributed by atoms with Crippen LogP contribution in [0.15, 0.2) is 48.5 Å². The van der Waals surface area contributed by atoms with Crippen LogP contribution in [0.2, 0.25) is 0 Å². The van der Waals surface area contributed by atoms with Crippen LogP contribution in [-0.4, -0.2) is 69.0 Å². The summed E-state index contributed by atoms with van der Waals surface area (Å²) in [6, 6.07) is 14.1. The fourth-order valence-corrected chi connectivity index (χ4v) is 3.69. The Bertz CT molecular complexity index is 840. The van der Waals surface area contributed by atoms with Crippen molar-refractivity contribution in [1.29, 1.82) is 0 Å². The first-order valence-corrected chi connectivity index (χ1v) is 10.3. The van der Waals surface area contributed by atoms with Crippen LogP contribution in [0.5, 0.6) is 17.2 Å². The molecule has 1 heterocycles. The molecular weight excluding hydrogens is 398 g/mol. The molecule has 30 heavy (non-hydrogen) atoms. The molecule has 0 bridgehead atoms. The molecule has 0 unspecified atom stereocenters. The molecule has 1 saturated heterocycles. The van der Waals surface area contributed by atoms with E-state index in [9.17, 15) is 0 Å². The van der Waals surface area contributed by atoms with E-state index in [0.29, 0.717) is 22.4 Å². The Morgan fingerprint density at radius 2 is 1.60 bits per heavy atom. The highest BCUT2D eigenvalue weighted by atomic mass is 32.1. The first-order valence-electron chi connectivity index (χ1n) is 9.94. The van der Waals surface area contributed by atoms with Gasteiger partial charge in [0, 0.05) is 50.5 Å². The van der Waals surface area contributed by atoms with Crippen LogP contribution in [0.1, 0.15) is 5.56 Å². The maximum Gasteiger partial charge on any atom is 0.203 e. The topological polar surface area (TPSA) is 46.2 Å². The van der Waals surface area contributed by atoms with E-state index >= 15 is 0 Å². The number of nitrogens with zero attached hydrogens (tertiary/aromatic N) is 2. The van der Waals surface area contributed by atoms with Gasteiger partial charge in [0.2, 0.25) is 5.75 Å². The van der Waals surface area contributed by atoms with Crippen molar-refractivity contribution in [2.24, 2.45) is 0 Å². The average Bonchev–Trinajstić information content (AvgIpc) is 2.79. The molecular formula is C23H29N3O3S. The normalized spacial score (nSPS) is 14.6. The van der Waals surface area contributed by atoms with Crippen LogP contribution in [0.4, 0.5) is 5.69 Å². The standard InChI is InChI=1S/C23H29N3O3S/c1-27-20-16-19(17-21(28-2)22(20)29-3)24-23(30)26-14-12-25(13-15-26)11-7-10-18-8-5-4-6-9-18/h4-10,16-17H,11-15H2,1-3H3,(H,24,30). The number of benzene rings is 2. The van der Waals surface area contributed by atoms with Gasteiger partial charge in [-0.05, 0) is 17.8 Å². The van der Waals surface area contributed by atoms with Gasteiger partial charge in [-0.3, -0.25) is 4.90 Å². The van der Waals surface area contributed by atoms with Crippen molar-refractivity contribution in [3.05, 3.63) is 54.1 Å². The third-order valence-electron chi connectivity index (χ3n) is 5.05. The summed E-state index contributed by atoms with van der Waals surface area (Å²) in [6.07, 6.45) is 4.39. The molecule has 0 aromatic heterocycles. The molecule has 0 saturated carbocycles.